The van der Waals surface area contributed by atoms with Gasteiger partial charge in [0, 0.05) is 115 Å². The van der Waals surface area contributed by atoms with Crippen molar-refractivity contribution in [2.75, 3.05) is 191 Å². The van der Waals surface area contributed by atoms with Gasteiger partial charge >= 0.3 is 53.7 Å². The second-order valence-corrected chi connectivity index (χ2v) is 37.6. The number of nitriles is 1. The van der Waals surface area contributed by atoms with Crippen LogP contribution in [0, 0.1) is 11.3 Å². The first-order valence-electron chi connectivity index (χ1n) is 49.2. The van der Waals surface area contributed by atoms with Crippen LogP contribution in [0.2, 0.25) is 0 Å². The summed E-state index contributed by atoms with van der Waals surface area (Å²) in [6, 6.07) is -3.41. The maximum Gasteiger partial charge on any atom is 0.303 e. The van der Waals surface area contributed by atoms with Gasteiger partial charge in [0.1, 0.15) is 88.2 Å². The summed E-state index contributed by atoms with van der Waals surface area (Å²) in [5, 5.41) is 31.1. The van der Waals surface area contributed by atoms with Gasteiger partial charge in [-0.25, -0.2) is 0 Å². The van der Waals surface area contributed by atoms with Gasteiger partial charge in [-0.05, 0) is 79.1 Å². The molecule has 0 spiro atoms. The standard InChI is InChI=1S/C93H156N10O43P2/c1-58(2)103(59(3)4)148(137-33-25-28-94)147-136-32-24-18-17-21-31-97-89(119)72(26-19-22-29-95-77(116)55-127-43-40-121-34-37-124-46-49-130-91-80(98-60(5)104)86(141-69(14)113)83(138-66(11)110)74(144-91)52-133-63(8)107)102-90(120)73(101-79(118)57-129-45-42-123-36-39-126-48-51-132-93-82(100-62(7)106)88(143-71(16)115)85(140-68(13)112)76(146-93)54-135-65(10)109)27-20-23-30-96-78(117)56-128-44-41-122-35-38-125-47-50-131-92-81(99-61(6)105)87(142-70(15)114)84(139-67(12)111)75(145-92)53-134-64(9)108/h58-59,72-76,80-88,91-93,147H,17-27,29-57H2,1-16H3,(H,95,116)(H,96,117)(H,97,119)(H,98,104)(H,99,105)(H,100,106)(H,101,118)(H,102,120)/t72-,73-,74+,75+,76+,80+,81+,82+,83-,84-,85-,86+,87+,88+,91+,92+,93+,148?/m0/s1. The molecule has 8 N–H and O–H groups in total. The number of carbonyl (C=O) groups excluding carboxylic acids is 17. The maximum absolute atomic E-state index is 14.6. The zero-order valence-electron chi connectivity index (χ0n) is 87.7. The lowest BCUT2D eigenvalue weighted by molar-refractivity contribution is -0.279. The van der Waals surface area contributed by atoms with E-state index >= 15 is 0 Å². The monoisotopic (exact) mass is 2160 g/mol. The molecule has 3 fully saturated rings. The molecule has 0 bridgehead atoms. The molecule has 0 aromatic carbocycles. The highest BCUT2D eigenvalue weighted by molar-refractivity contribution is 8.15. The molecule has 2 unspecified atom stereocenters. The van der Waals surface area contributed by atoms with Crippen LogP contribution in [0.3, 0.4) is 0 Å². The van der Waals surface area contributed by atoms with Crippen molar-refractivity contribution in [1.29, 1.82) is 5.26 Å². The molecule has 0 radical (unpaired) electrons. The van der Waals surface area contributed by atoms with Crippen LogP contribution in [0.25, 0.3) is 0 Å². The Hall–Kier alpha value is -9.38. The minimum Gasteiger partial charge on any atom is -0.463 e. The molecule has 0 aromatic rings. The topological polar surface area (TPSA) is 653 Å². The Labute approximate surface area is 865 Å². The van der Waals surface area contributed by atoms with E-state index in [1.807, 2.05) is 0 Å². The van der Waals surface area contributed by atoms with Crippen molar-refractivity contribution in [3.05, 3.63) is 0 Å². The number of rotatable bonds is 80. The molecule has 55 heteroatoms. The fourth-order valence-electron chi connectivity index (χ4n) is 14.8. The number of hydrogen-bond donors (Lipinski definition) is 8. The average Bonchev–Trinajstić information content (AvgIpc) is 0.792. The SMILES string of the molecule is CC(=O)N[C@H]1[C@H](OCCOCCOCCOCC(=O)NCCCC[C@H](NC(=O)COCCOCCOCCO[C@@H]2O[C@H](COC(C)=O)[C@H](OC(C)=O)[C@H](OC(C)=O)[C@H]2NC(C)=O)C(=O)N[C@@H](CCCCNC(=O)COCCOCCOCCO[C@@H]2O[C@H](COC(C)=O)[C@H](OC(C)=O)[C@H](OC(C)=O)[C@H]2NC(C)=O)C(=O)NCCCCCCOPP(OCCC#N)N(C(C)C)C(C)C)O[C@H](COC(C)=O)[C@H](OC(C)=O)[C@@H]1OC(C)=O. The van der Waals surface area contributed by atoms with E-state index in [2.05, 4.69) is 81.0 Å². The third-order valence-electron chi connectivity index (χ3n) is 20.8. The minimum atomic E-state index is -1.33. The molecule has 846 valence electrons. The van der Waals surface area contributed by atoms with Crippen LogP contribution in [-0.2, 0) is 204 Å². The molecular formula is C93H156N10O43P2. The largest absolute Gasteiger partial charge is 0.463 e. The van der Waals surface area contributed by atoms with Gasteiger partial charge in [-0.1, -0.05) is 12.8 Å². The summed E-state index contributed by atoms with van der Waals surface area (Å²) in [4.78, 5) is 214. The molecule has 3 saturated heterocycles. The Morgan fingerprint density at radius 1 is 0.331 bits per heavy atom. The van der Waals surface area contributed by atoms with Crippen LogP contribution in [0.1, 0.15) is 181 Å². The highest BCUT2D eigenvalue weighted by Crippen LogP contribution is 2.61. The summed E-state index contributed by atoms with van der Waals surface area (Å²) < 4.78 is 149. The van der Waals surface area contributed by atoms with Crippen molar-refractivity contribution >= 4 is 117 Å². The summed E-state index contributed by atoms with van der Waals surface area (Å²) >= 11 is 0. The molecule has 3 rings (SSSR count). The number of esters is 9. The van der Waals surface area contributed by atoms with Gasteiger partial charge < -0.3 is 165 Å². The normalized spacial score (nSPS) is 21.2. The van der Waals surface area contributed by atoms with Gasteiger partial charge in [0.05, 0.1) is 153 Å². The van der Waals surface area contributed by atoms with Gasteiger partial charge in [0.15, 0.2) is 63.5 Å². The Morgan fingerprint density at radius 3 is 0.946 bits per heavy atom. The van der Waals surface area contributed by atoms with Crippen LogP contribution in [0.5, 0.6) is 0 Å². The van der Waals surface area contributed by atoms with Crippen molar-refractivity contribution in [3.63, 3.8) is 0 Å². The number of nitrogens with zero attached hydrogens (tertiary/aromatic N) is 2. The molecule has 3 heterocycles. The van der Waals surface area contributed by atoms with E-state index < -0.39 is 239 Å². The summed E-state index contributed by atoms with van der Waals surface area (Å²) in [5.41, 5.74) is 0. The predicted octanol–water partition coefficient (Wildman–Crippen LogP) is 0.259. The lowest BCUT2D eigenvalue weighted by Gasteiger charge is -2.44. The zero-order chi connectivity index (χ0) is 110. The minimum absolute atomic E-state index is 0.00577. The van der Waals surface area contributed by atoms with E-state index in [9.17, 15) is 81.5 Å². The summed E-state index contributed by atoms with van der Waals surface area (Å²) in [5.74, 6) is -11.1. The smallest absolute Gasteiger partial charge is 0.303 e. The Balaban J connectivity index is 1.68. The first-order chi connectivity index (χ1) is 70.6. The third-order valence-corrected chi connectivity index (χ3v) is 24.9. The molecule has 0 saturated carbocycles. The molecule has 3 aliphatic rings. The highest BCUT2D eigenvalue weighted by Gasteiger charge is 2.55. The summed E-state index contributed by atoms with van der Waals surface area (Å²) in [7, 11) is -1.03. The summed E-state index contributed by atoms with van der Waals surface area (Å²) in [6.07, 6.45) is -10.9. The number of nitrogens with one attached hydrogen (secondary N) is 8. The zero-order valence-corrected chi connectivity index (χ0v) is 89.5. The molecular weight excluding hydrogens is 2010 g/mol. The first kappa shape index (κ1) is 133. The maximum atomic E-state index is 14.6. The van der Waals surface area contributed by atoms with Gasteiger partial charge in [-0.3, -0.25) is 86.2 Å². The Morgan fingerprint density at radius 2 is 0.628 bits per heavy atom. The van der Waals surface area contributed by atoms with Crippen LogP contribution in [-0.4, -0.2) is 413 Å². The number of ether oxygens (including phenoxy) is 24. The molecule has 53 nitrogen and oxygen atoms in total. The Kier molecular flexibility index (Phi) is 70.6. The molecule has 3 aliphatic heterocycles. The lowest BCUT2D eigenvalue weighted by atomic mass is 9.96. The van der Waals surface area contributed by atoms with Crippen molar-refractivity contribution in [2.45, 2.75) is 298 Å². The summed E-state index contributed by atoms with van der Waals surface area (Å²) in [6.45, 7) is 21.1. The van der Waals surface area contributed by atoms with E-state index in [1.165, 1.54) is 20.8 Å². The molecule has 0 aromatic heterocycles. The third kappa shape index (κ3) is 60.0. The molecule has 19 atom stereocenters. The van der Waals surface area contributed by atoms with Crippen LogP contribution in [0.4, 0.5) is 0 Å². The van der Waals surface area contributed by atoms with Crippen LogP contribution >= 0.6 is 16.5 Å². The second kappa shape index (κ2) is 78.7. The van der Waals surface area contributed by atoms with E-state index in [-0.39, 0.29) is 198 Å². The number of amides is 8. The highest BCUT2D eigenvalue weighted by atomic mass is 32.1. The van der Waals surface area contributed by atoms with E-state index in [4.69, 9.17) is 128 Å². The molecule has 148 heavy (non-hydrogen) atoms. The molecule has 8 amide bonds. The fourth-order valence-corrected chi connectivity index (χ4v) is 19.2. The lowest BCUT2D eigenvalue weighted by Crippen LogP contribution is -2.66. The number of unbranched alkanes of at least 4 members (excludes halogenated alkanes) is 5. The Bertz CT molecular complexity index is 4010. The van der Waals surface area contributed by atoms with Crippen molar-refractivity contribution in [2.24, 2.45) is 0 Å². The van der Waals surface area contributed by atoms with Crippen molar-refractivity contribution in [3.8, 4) is 6.07 Å². The van der Waals surface area contributed by atoms with E-state index in [0.717, 1.165) is 81.6 Å². The second-order valence-electron chi connectivity index (χ2n) is 34.2. The van der Waals surface area contributed by atoms with E-state index in [1.54, 1.807) is 0 Å². The van der Waals surface area contributed by atoms with Crippen molar-refractivity contribution < 1.29 is 204 Å². The van der Waals surface area contributed by atoms with Gasteiger partial charge in [0.25, 0.3) is 0 Å². The fraction of sp³-hybridized carbons (Fsp3) is 0.806. The van der Waals surface area contributed by atoms with Gasteiger partial charge in [-0.15, -0.1) is 0 Å². The quantitative estimate of drug-likeness (QED) is 0.0175. The number of carbonyl (C=O) groups is 17. The van der Waals surface area contributed by atoms with E-state index in [0.29, 0.717) is 38.9 Å². The van der Waals surface area contributed by atoms with Crippen molar-refractivity contribution in [1.82, 2.24) is 47.2 Å². The number of hydrogen-bond acceptors (Lipinski definition) is 45. The molecule has 0 aliphatic carbocycles. The first-order valence-corrected chi connectivity index (χ1v) is 52.2. The van der Waals surface area contributed by atoms with Gasteiger partial charge in [0.2, 0.25) is 47.3 Å². The average molecular weight is 2160 g/mol. The van der Waals surface area contributed by atoms with Crippen LogP contribution < -0.4 is 42.5 Å². The van der Waals surface area contributed by atoms with Crippen LogP contribution in [0.15, 0.2) is 0 Å². The van der Waals surface area contributed by atoms with Gasteiger partial charge in [-0.2, -0.15) is 5.26 Å². The predicted molar refractivity (Wildman–Crippen MR) is 516 cm³/mol.